The fraction of sp³-hybridized carbons (Fsp3) is 0.227. The molecule has 0 spiro atoms. The summed E-state index contributed by atoms with van der Waals surface area (Å²) >= 11 is 1.31. The van der Waals surface area contributed by atoms with Crippen LogP contribution in [0.5, 0.6) is 17.2 Å². The summed E-state index contributed by atoms with van der Waals surface area (Å²) in [6, 6.07) is 10.5. The Morgan fingerprint density at radius 2 is 1.94 bits per heavy atom. The SMILES string of the molecule is COc1ccc(C(=O)Nc2nc(-c3ccc4c(c3)N(C)C(=O)[C@H](C)O4)cs2)cc1OC. The summed E-state index contributed by atoms with van der Waals surface area (Å²) in [6.45, 7) is 1.73. The lowest BCUT2D eigenvalue weighted by Gasteiger charge is -2.30. The number of carbonyl (C=O) groups excluding carboxylic acids is 2. The van der Waals surface area contributed by atoms with Crippen LogP contribution in [-0.4, -0.2) is 44.2 Å². The van der Waals surface area contributed by atoms with Crippen LogP contribution in [-0.2, 0) is 4.79 Å². The highest BCUT2D eigenvalue weighted by molar-refractivity contribution is 7.14. The van der Waals surface area contributed by atoms with Gasteiger partial charge in [0.1, 0.15) is 5.75 Å². The zero-order valence-electron chi connectivity index (χ0n) is 17.5. The monoisotopic (exact) mass is 439 g/mol. The molecule has 31 heavy (non-hydrogen) atoms. The van der Waals surface area contributed by atoms with Crippen molar-refractivity contribution in [3.8, 4) is 28.5 Å². The minimum atomic E-state index is -0.513. The third-order valence-corrected chi connectivity index (χ3v) is 5.73. The smallest absolute Gasteiger partial charge is 0.267 e. The normalized spacial score (nSPS) is 15.2. The summed E-state index contributed by atoms with van der Waals surface area (Å²) < 4.78 is 16.1. The molecular formula is C22H21N3O5S. The Morgan fingerprint density at radius 1 is 1.16 bits per heavy atom. The lowest BCUT2D eigenvalue weighted by molar-refractivity contribution is -0.125. The van der Waals surface area contributed by atoms with Gasteiger partial charge in [-0.25, -0.2) is 4.98 Å². The molecule has 8 nitrogen and oxygen atoms in total. The molecule has 0 saturated carbocycles. The van der Waals surface area contributed by atoms with Crippen LogP contribution in [0, 0.1) is 0 Å². The number of benzene rings is 2. The average molecular weight is 439 g/mol. The van der Waals surface area contributed by atoms with E-state index >= 15 is 0 Å². The van der Waals surface area contributed by atoms with Crippen molar-refractivity contribution in [2.45, 2.75) is 13.0 Å². The number of amides is 2. The average Bonchev–Trinajstić information content (AvgIpc) is 3.25. The first-order valence-corrected chi connectivity index (χ1v) is 10.4. The van der Waals surface area contributed by atoms with Crippen LogP contribution in [0.3, 0.4) is 0 Å². The minimum Gasteiger partial charge on any atom is -0.493 e. The van der Waals surface area contributed by atoms with Crippen LogP contribution >= 0.6 is 11.3 Å². The summed E-state index contributed by atoms with van der Waals surface area (Å²) in [5.41, 5.74) is 2.62. The van der Waals surface area contributed by atoms with E-state index in [-0.39, 0.29) is 11.8 Å². The molecule has 0 bridgehead atoms. The summed E-state index contributed by atoms with van der Waals surface area (Å²) in [5, 5.41) is 5.11. The number of rotatable bonds is 5. The fourth-order valence-electron chi connectivity index (χ4n) is 3.28. The van der Waals surface area contributed by atoms with Gasteiger partial charge < -0.3 is 19.1 Å². The highest BCUT2D eigenvalue weighted by Gasteiger charge is 2.29. The second kappa shape index (κ2) is 8.27. The molecule has 0 saturated heterocycles. The van der Waals surface area contributed by atoms with Crippen LogP contribution < -0.4 is 24.4 Å². The standard InChI is InChI=1S/C22H21N3O5S/c1-12-21(27)25(2)16-9-13(5-7-17(16)30-12)15-11-31-22(23-15)24-20(26)14-6-8-18(28-3)19(10-14)29-4/h5-12H,1-4H3,(H,23,24,26)/t12-/m0/s1. The van der Waals surface area contributed by atoms with Gasteiger partial charge in [0.25, 0.3) is 11.8 Å². The summed E-state index contributed by atoms with van der Waals surface area (Å²) in [5.74, 6) is 1.26. The summed E-state index contributed by atoms with van der Waals surface area (Å²) in [6.07, 6.45) is -0.513. The number of hydrogen-bond donors (Lipinski definition) is 1. The summed E-state index contributed by atoms with van der Waals surface area (Å²) in [4.78, 5) is 30.9. The second-order valence-electron chi connectivity index (χ2n) is 6.90. The number of hydrogen-bond acceptors (Lipinski definition) is 7. The van der Waals surface area contributed by atoms with Crippen LogP contribution in [0.4, 0.5) is 10.8 Å². The second-order valence-corrected chi connectivity index (χ2v) is 7.76. The van der Waals surface area contributed by atoms with Gasteiger partial charge in [0.2, 0.25) is 0 Å². The lowest BCUT2D eigenvalue weighted by Crippen LogP contribution is -2.41. The van der Waals surface area contributed by atoms with E-state index in [0.717, 1.165) is 5.56 Å². The van der Waals surface area contributed by atoms with Gasteiger partial charge in [-0.1, -0.05) is 0 Å². The molecule has 1 aliphatic heterocycles. The van der Waals surface area contributed by atoms with E-state index in [1.807, 2.05) is 23.6 Å². The number of ether oxygens (including phenoxy) is 3. The van der Waals surface area contributed by atoms with Gasteiger partial charge in [-0.15, -0.1) is 11.3 Å². The zero-order chi connectivity index (χ0) is 22.1. The van der Waals surface area contributed by atoms with Crippen molar-refractivity contribution in [3.63, 3.8) is 0 Å². The Labute approximate surface area is 183 Å². The van der Waals surface area contributed by atoms with Gasteiger partial charge in [0.15, 0.2) is 22.7 Å². The molecule has 0 fully saturated rings. The predicted molar refractivity (Wildman–Crippen MR) is 119 cm³/mol. The van der Waals surface area contributed by atoms with Crippen molar-refractivity contribution in [2.24, 2.45) is 0 Å². The number of aromatic nitrogens is 1. The number of nitrogens with zero attached hydrogens (tertiary/aromatic N) is 2. The number of anilines is 2. The van der Waals surface area contributed by atoms with Crippen molar-refractivity contribution in [3.05, 3.63) is 47.3 Å². The molecule has 0 unspecified atom stereocenters. The van der Waals surface area contributed by atoms with Crippen LogP contribution in [0.15, 0.2) is 41.8 Å². The molecule has 9 heteroatoms. The molecule has 1 N–H and O–H groups in total. The molecular weight excluding hydrogens is 418 g/mol. The van der Waals surface area contributed by atoms with E-state index in [1.54, 1.807) is 37.1 Å². The molecule has 1 atom stereocenters. The van der Waals surface area contributed by atoms with Crippen molar-refractivity contribution in [1.29, 1.82) is 0 Å². The van der Waals surface area contributed by atoms with Gasteiger partial charge in [-0.3, -0.25) is 14.9 Å². The Bertz CT molecular complexity index is 1160. The Kier molecular flexibility index (Phi) is 5.51. The first-order chi connectivity index (χ1) is 14.9. The zero-order valence-corrected chi connectivity index (χ0v) is 18.3. The molecule has 4 rings (SSSR count). The first kappa shape index (κ1) is 20.7. The van der Waals surface area contributed by atoms with E-state index in [0.29, 0.717) is 39.3 Å². The highest BCUT2D eigenvalue weighted by Crippen LogP contribution is 2.37. The molecule has 1 aliphatic rings. The Hall–Kier alpha value is -3.59. The van der Waals surface area contributed by atoms with Crippen molar-refractivity contribution < 1.29 is 23.8 Å². The number of nitrogens with one attached hydrogen (secondary N) is 1. The first-order valence-electron chi connectivity index (χ1n) is 9.49. The van der Waals surface area contributed by atoms with Crippen LogP contribution in [0.25, 0.3) is 11.3 Å². The number of methoxy groups -OCH3 is 2. The topological polar surface area (TPSA) is 90.0 Å². The van der Waals surface area contributed by atoms with Crippen LogP contribution in [0.2, 0.25) is 0 Å². The summed E-state index contributed by atoms with van der Waals surface area (Å²) in [7, 11) is 4.78. The third kappa shape index (κ3) is 3.91. The third-order valence-electron chi connectivity index (χ3n) is 4.97. The molecule has 160 valence electrons. The minimum absolute atomic E-state index is 0.106. The Balaban J connectivity index is 1.54. The van der Waals surface area contributed by atoms with E-state index in [1.165, 1.54) is 25.6 Å². The molecule has 0 aliphatic carbocycles. The van der Waals surface area contributed by atoms with Crippen LogP contribution in [0.1, 0.15) is 17.3 Å². The van der Waals surface area contributed by atoms with E-state index in [9.17, 15) is 9.59 Å². The maximum atomic E-state index is 12.6. The molecule has 2 heterocycles. The molecule has 1 aromatic heterocycles. The molecule has 2 amide bonds. The molecule has 3 aromatic rings. The van der Waals surface area contributed by atoms with Gasteiger partial charge >= 0.3 is 0 Å². The van der Waals surface area contributed by atoms with E-state index in [2.05, 4.69) is 10.3 Å². The number of fused-ring (bicyclic) bond motifs is 1. The Morgan fingerprint density at radius 3 is 2.68 bits per heavy atom. The van der Waals surface area contributed by atoms with Gasteiger partial charge in [0.05, 0.1) is 25.6 Å². The number of likely N-dealkylation sites (N-methyl/N-ethyl adjacent to an activating group) is 1. The largest absolute Gasteiger partial charge is 0.493 e. The lowest BCUT2D eigenvalue weighted by atomic mass is 10.1. The molecule has 2 aromatic carbocycles. The van der Waals surface area contributed by atoms with Gasteiger partial charge in [0, 0.05) is 23.6 Å². The van der Waals surface area contributed by atoms with E-state index in [4.69, 9.17) is 14.2 Å². The highest BCUT2D eigenvalue weighted by atomic mass is 32.1. The quantitative estimate of drug-likeness (QED) is 0.650. The maximum Gasteiger partial charge on any atom is 0.267 e. The maximum absolute atomic E-state index is 12.6. The van der Waals surface area contributed by atoms with E-state index < -0.39 is 6.10 Å². The fourth-order valence-corrected chi connectivity index (χ4v) is 4.00. The number of thiazole rings is 1. The predicted octanol–water partition coefficient (Wildman–Crippen LogP) is 3.82. The molecule has 0 radical (unpaired) electrons. The van der Waals surface area contributed by atoms with Crippen molar-refractivity contribution >= 4 is 34.0 Å². The van der Waals surface area contributed by atoms with Gasteiger partial charge in [-0.05, 0) is 43.3 Å². The van der Waals surface area contributed by atoms with Crippen molar-refractivity contribution in [2.75, 3.05) is 31.5 Å². The van der Waals surface area contributed by atoms with Crippen molar-refractivity contribution in [1.82, 2.24) is 4.98 Å². The number of carbonyl (C=O) groups is 2. The van der Waals surface area contributed by atoms with Gasteiger partial charge in [-0.2, -0.15) is 0 Å².